The molecule has 154 valence electrons. The number of rotatable bonds is 10. The number of benzene rings is 2. The van der Waals surface area contributed by atoms with Crippen LogP contribution in [0, 0.1) is 16.0 Å². The largest absolute Gasteiger partial charge is 0.475 e. The summed E-state index contributed by atoms with van der Waals surface area (Å²) in [7, 11) is 0. The molecule has 2 aromatic rings. The van der Waals surface area contributed by atoms with Crippen LogP contribution in [0.15, 0.2) is 54.6 Å². The standard InChI is InChI=1S/C21H24N2O6/c1-15(2)12-17(16-8-4-3-5-9-16)22-20(24)13-29-21(25)14-28-19-11-7-6-10-18(19)23(26)27/h3-11,15,17H,12-14H2,1-2H3,(H,22,24)/t17-/m1/s1. The first-order valence-electron chi connectivity index (χ1n) is 9.23. The maximum absolute atomic E-state index is 12.2. The van der Waals surface area contributed by atoms with Gasteiger partial charge in [-0.2, -0.15) is 0 Å². The minimum absolute atomic E-state index is 0.0417. The Kier molecular flexibility index (Phi) is 8.14. The van der Waals surface area contributed by atoms with Crippen molar-refractivity contribution in [2.45, 2.75) is 26.3 Å². The van der Waals surface area contributed by atoms with Crippen molar-refractivity contribution in [3.05, 3.63) is 70.3 Å². The molecule has 2 aromatic carbocycles. The van der Waals surface area contributed by atoms with Gasteiger partial charge in [-0.3, -0.25) is 14.9 Å². The van der Waals surface area contributed by atoms with E-state index in [1.807, 2.05) is 30.3 Å². The van der Waals surface area contributed by atoms with Gasteiger partial charge in [-0.1, -0.05) is 56.3 Å². The molecule has 0 unspecified atom stereocenters. The van der Waals surface area contributed by atoms with Gasteiger partial charge in [0.1, 0.15) is 0 Å². The molecule has 0 aliphatic carbocycles. The quantitative estimate of drug-likeness (QED) is 0.372. The van der Waals surface area contributed by atoms with Crippen molar-refractivity contribution in [1.29, 1.82) is 0 Å². The van der Waals surface area contributed by atoms with E-state index in [4.69, 9.17) is 9.47 Å². The highest BCUT2D eigenvalue weighted by Crippen LogP contribution is 2.25. The van der Waals surface area contributed by atoms with Crippen LogP contribution in [0.2, 0.25) is 0 Å². The highest BCUT2D eigenvalue weighted by atomic mass is 16.6. The number of nitrogens with zero attached hydrogens (tertiary/aromatic N) is 1. The van der Waals surface area contributed by atoms with E-state index in [1.54, 1.807) is 6.07 Å². The van der Waals surface area contributed by atoms with Gasteiger partial charge in [0.15, 0.2) is 19.0 Å². The molecule has 0 aliphatic heterocycles. The third kappa shape index (κ3) is 7.25. The van der Waals surface area contributed by atoms with Gasteiger partial charge < -0.3 is 14.8 Å². The highest BCUT2D eigenvalue weighted by Gasteiger charge is 2.18. The number of carbonyl (C=O) groups is 2. The zero-order valence-corrected chi connectivity index (χ0v) is 16.4. The van der Waals surface area contributed by atoms with Crippen molar-refractivity contribution in [2.75, 3.05) is 13.2 Å². The smallest absolute Gasteiger partial charge is 0.344 e. The summed E-state index contributed by atoms with van der Waals surface area (Å²) >= 11 is 0. The zero-order valence-electron chi connectivity index (χ0n) is 16.4. The zero-order chi connectivity index (χ0) is 21.2. The molecule has 0 radical (unpaired) electrons. The summed E-state index contributed by atoms with van der Waals surface area (Å²) in [6.45, 7) is 3.12. The molecule has 2 rings (SSSR count). The number of ether oxygens (including phenoxy) is 2. The SMILES string of the molecule is CC(C)C[C@@H](NC(=O)COC(=O)COc1ccccc1[N+](=O)[O-])c1ccccc1. The van der Waals surface area contributed by atoms with Crippen LogP contribution in [0.5, 0.6) is 5.75 Å². The van der Waals surface area contributed by atoms with Gasteiger partial charge in [-0.15, -0.1) is 0 Å². The molecular weight excluding hydrogens is 376 g/mol. The number of esters is 1. The number of nitrogens with one attached hydrogen (secondary N) is 1. The Balaban J connectivity index is 1.84. The van der Waals surface area contributed by atoms with Crippen LogP contribution in [0.4, 0.5) is 5.69 Å². The van der Waals surface area contributed by atoms with E-state index in [0.29, 0.717) is 5.92 Å². The van der Waals surface area contributed by atoms with Crippen molar-refractivity contribution in [3.8, 4) is 5.75 Å². The van der Waals surface area contributed by atoms with Gasteiger partial charge in [0, 0.05) is 6.07 Å². The van der Waals surface area contributed by atoms with E-state index < -0.39 is 30.0 Å². The van der Waals surface area contributed by atoms with Crippen LogP contribution in [-0.2, 0) is 14.3 Å². The van der Waals surface area contributed by atoms with E-state index in [2.05, 4.69) is 19.2 Å². The Labute approximate surface area is 169 Å². The van der Waals surface area contributed by atoms with E-state index in [0.717, 1.165) is 12.0 Å². The molecule has 0 fully saturated rings. The molecule has 1 N–H and O–H groups in total. The second kappa shape index (κ2) is 10.8. The number of carbonyl (C=O) groups excluding carboxylic acids is 2. The third-order valence-corrected chi connectivity index (χ3v) is 4.02. The fraction of sp³-hybridized carbons (Fsp3) is 0.333. The first-order chi connectivity index (χ1) is 13.9. The minimum Gasteiger partial charge on any atom is -0.475 e. The van der Waals surface area contributed by atoms with Crippen molar-refractivity contribution in [2.24, 2.45) is 5.92 Å². The van der Waals surface area contributed by atoms with Crippen molar-refractivity contribution in [1.82, 2.24) is 5.32 Å². The number of amides is 1. The minimum atomic E-state index is -0.793. The molecule has 0 spiro atoms. The molecule has 0 aliphatic rings. The molecule has 1 amide bonds. The lowest BCUT2D eigenvalue weighted by Crippen LogP contribution is -2.33. The average Bonchev–Trinajstić information content (AvgIpc) is 2.70. The Morgan fingerprint density at radius 3 is 2.34 bits per heavy atom. The Bertz CT molecular complexity index is 838. The summed E-state index contributed by atoms with van der Waals surface area (Å²) in [5, 5.41) is 13.8. The fourth-order valence-corrected chi connectivity index (χ4v) is 2.73. The molecule has 1 atom stereocenters. The number of nitro groups is 1. The first-order valence-corrected chi connectivity index (χ1v) is 9.23. The fourth-order valence-electron chi connectivity index (χ4n) is 2.73. The van der Waals surface area contributed by atoms with Gasteiger partial charge in [0.05, 0.1) is 11.0 Å². The molecule has 0 saturated carbocycles. The topological polar surface area (TPSA) is 108 Å². The molecule has 0 saturated heterocycles. The van der Waals surface area contributed by atoms with Gasteiger partial charge >= 0.3 is 11.7 Å². The van der Waals surface area contributed by atoms with Crippen LogP contribution < -0.4 is 10.1 Å². The lowest BCUT2D eigenvalue weighted by molar-refractivity contribution is -0.385. The summed E-state index contributed by atoms with van der Waals surface area (Å²) < 4.78 is 10.1. The molecule has 8 nitrogen and oxygen atoms in total. The number of nitro benzene ring substituents is 1. The summed E-state index contributed by atoms with van der Waals surface area (Å²) in [5.41, 5.74) is 0.720. The summed E-state index contributed by atoms with van der Waals surface area (Å²) in [4.78, 5) is 34.4. The molecule has 8 heteroatoms. The second-order valence-corrected chi connectivity index (χ2v) is 6.83. The molecule has 29 heavy (non-hydrogen) atoms. The molecule has 0 aromatic heterocycles. The summed E-state index contributed by atoms with van der Waals surface area (Å²) in [6.07, 6.45) is 0.741. The van der Waals surface area contributed by atoms with Crippen LogP contribution in [0.25, 0.3) is 0 Å². The molecular formula is C21H24N2O6. The van der Waals surface area contributed by atoms with Crippen LogP contribution in [0.1, 0.15) is 31.9 Å². The summed E-state index contributed by atoms with van der Waals surface area (Å²) in [6, 6.07) is 15.1. The monoisotopic (exact) mass is 400 g/mol. The lowest BCUT2D eigenvalue weighted by atomic mass is 9.97. The third-order valence-electron chi connectivity index (χ3n) is 4.02. The van der Waals surface area contributed by atoms with E-state index in [9.17, 15) is 19.7 Å². The van der Waals surface area contributed by atoms with Crippen molar-refractivity contribution in [3.63, 3.8) is 0 Å². The maximum Gasteiger partial charge on any atom is 0.344 e. The average molecular weight is 400 g/mol. The predicted molar refractivity (Wildman–Crippen MR) is 106 cm³/mol. The highest BCUT2D eigenvalue weighted by molar-refractivity contribution is 5.81. The van der Waals surface area contributed by atoms with Gasteiger partial charge in [0.2, 0.25) is 0 Å². The number of hydrogen-bond donors (Lipinski definition) is 1. The van der Waals surface area contributed by atoms with Crippen LogP contribution >= 0.6 is 0 Å². The molecule has 0 heterocycles. The Morgan fingerprint density at radius 1 is 1.03 bits per heavy atom. The van der Waals surface area contributed by atoms with Gasteiger partial charge in [-0.25, -0.2) is 4.79 Å². The van der Waals surface area contributed by atoms with Crippen molar-refractivity contribution < 1.29 is 24.0 Å². The van der Waals surface area contributed by atoms with Gasteiger partial charge in [0.25, 0.3) is 5.91 Å². The van der Waals surface area contributed by atoms with E-state index in [-0.39, 0.29) is 17.5 Å². The van der Waals surface area contributed by atoms with Crippen molar-refractivity contribution >= 4 is 17.6 Å². The Morgan fingerprint density at radius 2 is 1.69 bits per heavy atom. The second-order valence-electron chi connectivity index (χ2n) is 6.83. The first kappa shape index (κ1) is 21.9. The van der Waals surface area contributed by atoms with Crippen LogP contribution in [-0.4, -0.2) is 30.0 Å². The predicted octanol–water partition coefficient (Wildman–Crippen LogP) is 3.42. The normalized spacial score (nSPS) is 11.6. The summed E-state index contributed by atoms with van der Waals surface area (Å²) in [5.74, 6) is -0.907. The van der Waals surface area contributed by atoms with Crippen LogP contribution in [0.3, 0.4) is 0 Å². The number of hydrogen-bond acceptors (Lipinski definition) is 6. The number of para-hydroxylation sites is 2. The van der Waals surface area contributed by atoms with Gasteiger partial charge in [-0.05, 0) is 24.0 Å². The molecule has 0 bridgehead atoms. The Hall–Kier alpha value is -3.42. The lowest BCUT2D eigenvalue weighted by Gasteiger charge is -2.21. The van der Waals surface area contributed by atoms with E-state index >= 15 is 0 Å². The van der Waals surface area contributed by atoms with E-state index in [1.165, 1.54) is 18.2 Å². The maximum atomic E-state index is 12.2.